The van der Waals surface area contributed by atoms with Crippen molar-refractivity contribution in [3.8, 4) is 0 Å². The summed E-state index contributed by atoms with van der Waals surface area (Å²) in [5, 5.41) is 0. The van der Waals surface area contributed by atoms with Crippen LogP contribution in [0.5, 0.6) is 0 Å². The van der Waals surface area contributed by atoms with E-state index in [0.29, 0.717) is 19.3 Å². The normalized spacial score (nSPS) is 11.9. The van der Waals surface area contributed by atoms with Crippen molar-refractivity contribution in [2.75, 3.05) is 13.2 Å². The van der Waals surface area contributed by atoms with Crippen LogP contribution in [0, 0.1) is 5.92 Å². The van der Waals surface area contributed by atoms with Crippen LogP contribution in [0.3, 0.4) is 0 Å². The zero-order chi connectivity index (χ0) is 38.2. The van der Waals surface area contributed by atoms with Gasteiger partial charge in [0.2, 0.25) is 0 Å². The molecule has 0 fully saturated rings. The van der Waals surface area contributed by atoms with E-state index in [1.807, 2.05) is 0 Å². The van der Waals surface area contributed by atoms with Crippen molar-refractivity contribution >= 4 is 17.9 Å². The van der Waals surface area contributed by atoms with E-state index in [1.165, 1.54) is 148 Å². The highest BCUT2D eigenvalue weighted by Crippen LogP contribution is 2.16. The van der Waals surface area contributed by atoms with Crippen molar-refractivity contribution in [3.63, 3.8) is 0 Å². The molecule has 0 N–H and O–H groups in total. The number of hydrogen-bond acceptors (Lipinski definition) is 6. The first kappa shape index (κ1) is 50.4. The zero-order valence-electron chi connectivity index (χ0n) is 35.3. The van der Waals surface area contributed by atoms with E-state index >= 15 is 0 Å². The van der Waals surface area contributed by atoms with Gasteiger partial charge in [-0.1, -0.05) is 214 Å². The summed E-state index contributed by atoms with van der Waals surface area (Å²) in [6.07, 6.45) is 39.5. The van der Waals surface area contributed by atoms with Gasteiger partial charge in [0.25, 0.3) is 0 Å². The molecule has 0 aromatic heterocycles. The molecule has 6 heteroatoms. The molecule has 308 valence electrons. The summed E-state index contributed by atoms with van der Waals surface area (Å²) in [5.41, 5.74) is 0. The van der Waals surface area contributed by atoms with Gasteiger partial charge in [0.1, 0.15) is 13.2 Å². The predicted molar refractivity (Wildman–Crippen MR) is 220 cm³/mol. The van der Waals surface area contributed by atoms with Crippen LogP contribution >= 0.6 is 0 Å². The molecule has 0 bridgehead atoms. The first-order valence-corrected chi connectivity index (χ1v) is 22.9. The molecule has 0 aliphatic heterocycles. The van der Waals surface area contributed by atoms with Crippen LogP contribution in [-0.2, 0) is 28.6 Å². The molecule has 0 spiro atoms. The standard InChI is InChI=1S/C46H88O6/c1-5-7-9-11-13-15-17-18-20-22-26-30-34-38-45(48)51-41-43(52-46(49)39-35-31-27-23-24-28-32-36-42(3)4)40-50-44(47)37-33-29-25-21-19-16-14-12-10-8-6-2/h42-43H,5-41H2,1-4H3/t43-/m0/s1. The zero-order valence-corrected chi connectivity index (χ0v) is 35.3. The molecule has 6 nitrogen and oxygen atoms in total. The smallest absolute Gasteiger partial charge is 0.306 e. The van der Waals surface area contributed by atoms with Crippen LogP contribution in [0.4, 0.5) is 0 Å². The molecule has 0 aliphatic carbocycles. The van der Waals surface area contributed by atoms with Gasteiger partial charge in [0, 0.05) is 19.3 Å². The van der Waals surface area contributed by atoms with Gasteiger partial charge in [-0.05, 0) is 25.2 Å². The monoisotopic (exact) mass is 737 g/mol. The number of esters is 3. The van der Waals surface area contributed by atoms with Crippen LogP contribution in [-0.4, -0.2) is 37.2 Å². The minimum Gasteiger partial charge on any atom is -0.462 e. The number of hydrogen-bond donors (Lipinski definition) is 0. The second-order valence-electron chi connectivity index (χ2n) is 16.2. The van der Waals surface area contributed by atoms with E-state index in [9.17, 15) is 14.4 Å². The van der Waals surface area contributed by atoms with Gasteiger partial charge in [-0.25, -0.2) is 0 Å². The van der Waals surface area contributed by atoms with Gasteiger partial charge in [0.05, 0.1) is 0 Å². The maximum atomic E-state index is 12.7. The summed E-state index contributed by atoms with van der Waals surface area (Å²) in [6.45, 7) is 8.94. The van der Waals surface area contributed by atoms with Crippen molar-refractivity contribution in [2.45, 2.75) is 259 Å². The summed E-state index contributed by atoms with van der Waals surface area (Å²) in [5.74, 6) is -0.0790. The van der Waals surface area contributed by atoms with Gasteiger partial charge in [0.15, 0.2) is 6.10 Å². The Kier molecular flexibility index (Phi) is 39.4. The van der Waals surface area contributed by atoms with Crippen molar-refractivity contribution < 1.29 is 28.6 Å². The highest BCUT2D eigenvalue weighted by Gasteiger charge is 2.19. The summed E-state index contributed by atoms with van der Waals surface area (Å²) in [6, 6.07) is 0. The van der Waals surface area contributed by atoms with Gasteiger partial charge in [-0.3, -0.25) is 14.4 Å². The number of rotatable bonds is 41. The fourth-order valence-corrected chi connectivity index (χ4v) is 6.80. The Morgan fingerprint density at radius 2 is 0.635 bits per heavy atom. The van der Waals surface area contributed by atoms with Crippen molar-refractivity contribution in [2.24, 2.45) is 5.92 Å². The fourth-order valence-electron chi connectivity index (χ4n) is 6.80. The third-order valence-electron chi connectivity index (χ3n) is 10.3. The first-order valence-electron chi connectivity index (χ1n) is 22.9. The van der Waals surface area contributed by atoms with E-state index < -0.39 is 6.10 Å². The summed E-state index contributed by atoms with van der Waals surface area (Å²) < 4.78 is 16.7. The first-order chi connectivity index (χ1) is 25.4. The molecular weight excluding hydrogens is 648 g/mol. The minimum absolute atomic E-state index is 0.0644. The Hall–Kier alpha value is -1.59. The molecule has 0 unspecified atom stereocenters. The lowest BCUT2D eigenvalue weighted by atomic mass is 10.0. The topological polar surface area (TPSA) is 78.9 Å². The summed E-state index contributed by atoms with van der Waals surface area (Å²) >= 11 is 0. The van der Waals surface area contributed by atoms with E-state index in [4.69, 9.17) is 14.2 Å². The molecule has 0 aromatic carbocycles. The van der Waals surface area contributed by atoms with Gasteiger partial charge in [-0.15, -0.1) is 0 Å². The van der Waals surface area contributed by atoms with Crippen LogP contribution in [0.1, 0.15) is 252 Å². The van der Waals surface area contributed by atoms with Gasteiger partial charge in [-0.2, -0.15) is 0 Å². The lowest BCUT2D eigenvalue weighted by Crippen LogP contribution is -2.30. The third-order valence-corrected chi connectivity index (χ3v) is 10.3. The number of carbonyl (C=O) groups excluding carboxylic acids is 3. The maximum Gasteiger partial charge on any atom is 0.306 e. The highest BCUT2D eigenvalue weighted by molar-refractivity contribution is 5.71. The second kappa shape index (κ2) is 40.6. The average Bonchev–Trinajstić information content (AvgIpc) is 3.12. The van der Waals surface area contributed by atoms with E-state index in [-0.39, 0.29) is 31.1 Å². The largest absolute Gasteiger partial charge is 0.462 e. The quantitative estimate of drug-likeness (QED) is 0.0353. The molecule has 1 atom stereocenters. The second-order valence-corrected chi connectivity index (χ2v) is 16.2. The lowest BCUT2D eigenvalue weighted by molar-refractivity contribution is -0.167. The molecule has 0 aliphatic rings. The Balaban J connectivity index is 4.31. The molecule has 0 rings (SSSR count). The Morgan fingerprint density at radius 1 is 0.365 bits per heavy atom. The number of ether oxygens (including phenoxy) is 3. The van der Waals surface area contributed by atoms with Crippen LogP contribution in [0.2, 0.25) is 0 Å². The highest BCUT2D eigenvalue weighted by atomic mass is 16.6. The third kappa shape index (κ3) is 39.6. The average molecular weight is 737 g/mol. The maximum absolute atomic E-state index is 12.7. The molecule has 0 heterocycles. The van der Waals surface area contributed by atoms with Gasteiger partial charge >= 0.3 is 17.9 Å². The Bertz CT molecular complexity index is 781. The molecular formula is C46H88O6. The Morgan fingerprint density at radius 3 is 0.942 bits per heavy atom. The number of unbranched alkanes of at least 4 members (excludes halogenated alkanes) is 28. The fraction of sp³-hybridized carbons (Fsp3) is 0.935. The molecule has 0 saturated heterocycles. The van der Waals surface area contributed by atoms with Gasteiger partial charge < -0.3 is 14.2 Å². The van der Waals surface area contributed by atoms with Crippen LogP contribution in [0.15, 0.2) is 0 Å². The summed E-state index contributed by atoms with van der Waals surface area (Å²) in [4.78, 5) is 37.7. The molecule has 0 amide bonds. The van der Waals surface area contributed by atoms with E-state index in [2.05, 4.69) is 27.7 Å². The van der Waals surface area contributed by atoms with Crippen molar-refractivity contribution in [3.05, 3.63) is 0 Å². The SMILES string of the molecule is CCCCCCCCCCCCCCCC(=O)OC[C@H](COC(=O)CCCCCCCCCCCCC)OC(=O)CCCCCCCCCC(C)C. The number of carbonyl (C=O) groups is 3. The van der Waals surface area contributed by atoms with Crippen LogP contribution in [0.25, 0.3) is 0 Å². The van der Waals surface area contributed by atoms with E-state index in [1.54, 1.807) is 0 Å². The molecule has 0 saturated carbocycles. The molecule has 0 radical (unpaired) electrons. The van der Waals surface area contributed by atoms with Crippen molar-refractivity contribution in [1.29, 1.82) is 0 Å². The minimum atomic E-state index is -0.759. The molecule has 0 aromatic rings. The summed E-state index contributed by atoms with van der Waals surface area (Å²) in [7, 11) is 0. The van der Waals surface area contributed by atoms with Crippen LogP contribution < -0.4 is 0 Å². The Labute approximate surface area is 323 Å². The lowest BCUT2D eigenvalue weighted by Gasteiger charge is -2.18. The van der Waals surface area contributed by atoms with Crippen molar-refractivity contribution in [1.82, 2.24) is 0 Å². The predicted octanol–water partition coefficient (Wildman–Crippen LogP) is 14.3. The van der Waals surface area contributed by atoms with E-state index in [0.717, 1.165) is 63.7 Å². The molecule has 52 heavy (non-hydrogen) atoms.